The molecule has 0 radical (unpaired) electrons. The van der Waals surface area contributed by atoms with Gasteiger partial charge in [-0.25, -0.2) is 14.2 Å². The van der Waals surface area contributed by atoms with Crippen molar-refractivity contribution in [3.05, 3.63) is 22.8 Å². The molecule has 1 saturated heterocycles. The molecule has 6 nitrogen and oxygen atoms in total. The Morgan fingerprint density at radius 2 is 2.30 bits per heavy atom. The first-order chi connectivity index (χ1) is 9.28. The highest BCUT2D eigenvalue weighted by Gasteiger charge is 2.46. The minimum atomic E-state index is -1.70. The highest BCUT2D eigenvalue weighted by atomic mass is 79.9. The molecule has 2 amide bonds. The third-order valence-corrected chi connectivity index (χ3v) is 3.45. The molecule has 0 saturated carbocycles. The van der Waals surface area contributed by atoms with Gasteiger partial charge >= 0.3 is 6.09 Å². The number of carbonyl (C=O) groups excluding carboxylic acids is 1. The molecular formula is C12H13BrFN3O3. The van der Waals surface area contributed by atoms with E-state index >= 15 is 0 Å². The van der Waals surface area contributed by atoms with E-state index in [1.54, 1.807) is 18.2 Å². The van der Waals surface area contributed by atoms with E-state index < -0.39 is 23.7 Å². The molecule has 2 N–H and O–H groups in total. The number of hydrogen-bond acceptors (Lipinski definition) is 3. The molecule has 1 fully saturated rings. The van der Waals surface area contributed by atoms with Crippen molar-refractivity contribution < 1.29 is 19.1 Å². The zero-order valence-electron chi connectivity index (χ0n) is 10.6. The van der Waals surface area contributed by atoms with Gasteiger partial charge in [-0.1, -0.05) is 6.07 Å². The number of hydrogen-bond donors (Lipinski definition) is 2. The molecule has 20 heavy (non-hydrogen) atoms. The lowest BCUT2D eigenvalue weighted by Crippen LogP contribution is -2.42. The standard InChI is InChI=1S/C12H13BrFN3O3/c1-12(14)5-7(17(6-12)11(19)20)10(18)16-9-4-2-3-8(13)15-9/h2-4,7H,5-6H2,1H3,(H,19,20)(H,15,16,18). The van der Waals surface area contributed by atoms with Gasteiger partial charge in [0.2, 0.25) is 5.91 Å². The lowest BCUT2D eigenvalue weighted by atomic mass is 10.0. The quantitative estimate of drug-likeness (QED) is 0.805. The summed E-state index contributed by atoms with van der Waals surface area (Å²) in [5, 5.41) is 11.5. The Hall–Kier alpha value is -1.70. The summed E-state index contributed by atoms with van der Waals surface area (Å²) in [6, 6.07) is 3.88. The molecule has 0 spiro atoms. The molecule has 2 rings (SSSR count). The molecule has 0 aromatic carbocycles. The fourth-order valence-corrected chi connectivity index (χ4v) is 2.51. The normalized spacial score (nSPS) is 25.6. The number of carboxylic acid groups (broad SMARTS) is 1. The largest absolute Gasteiger partial charge is 0.465 e. The van der Waals surface area contributed by atoms with E-state index in [1.165, 1.54) is 6.92 Å². The van der Waals surface area contributed by atoms with Gasteiger partial charge in [-0.3, -0.25) is 9.69 Å². The molecule has 2 unspecified atom stereocenters. The van der Waals surface area contributed by atoms with Crippen LogP contribution in [0.15, 0.2) is 22.8 Å². The fourth-order valence-electron chi connectivity index (χ4n) is 2.17. The van der Waals surface area contributed by atoms with Crippen LogP contribution in [0.1, 0.15) is 13.3 Å². The SMILES string of the molecule is CC1(F)CC(C(=O)Nc2cccc(Br)n2)N(C(=O)O)C1. The minimum Gasteiger partial charge on any atom is -0.465 e. The van der Waals surface area contributed by atoms with Crippen molar-refractivity contribution in [2.45, 2.75) is 25.1 Å². The molecule has 2 atom stereocenters. The number of pyridine rings is 1. The lowest BCUT2D eigenvalue weighted by molar-refractivity contribution is -0.120. The summed E-state index contributed by atoms with van der Waals surface area (Å²) in [4.78, 5) is 28.0. The monoisotopic (exact) mass is 345 g/mol. The van der Waals surface area contributed by atoms with Gasteiger partial charge in [-0.05, 0) is 35.0 Å². The Kier molecular flexibility index (Phi) is 3.94. The topological polar surface area (TPSA) is 82.5 Å². The predicted molar refractivity (Wildman–Crippen MR) is 73.2 cm³/mol. The van der Waals surface area contributed by atoms with Crippen LogP contribution in [0.2, 0.25) is 0 Å². The third kappa shape index (κ3) is 3.24. The fraction of sp³-hybridized carbons (Fsp3) is 0.417. The number of amides is 2. The number of likely N-dealkylation sites (tertiary alicyclic amines) is 1. The molecule has 1 aromatic heterocycles. The van der Waals surface area contributed by atoms with E-state index in [9.17, 15) is 14.0 Å². The molecule has 2 heterocycles. The molecule has 1 aliphatic heterocycles. The summed E-state index contributed by atoms with van der Waals surface area (Å²) in [6.07, 6.45) is -1.48. The summed E-state index contributed by atoms with van der Waals surface area (Å²) in [5.41, 5.74) is -1.70. The highest BCUT2D eigenvalue weighted by molar-refractivity contribution is 9.10. The average Bonchev–Trinajstić information content (AvgIpc) is 2.66. The van der Waals surface area contributed by atoms with E-state index in [1.807, 2.05) is 0 Å². The Bertz CT molecular complexity index is 553. The van der Waals surface area contributed by atoms with Crippen molar-refractivity contribution in [3.63, 3.8) is 0 Å². The summed E-state index contributed by atoms with van der Waals surface area (Å²) in [5.74, 6) is -0.304. The summed E-state index contributed by atoms with van der Waals surface area (Å²) in [7, 11) is 0. The first kappa shape index (κ1) is 14.7. The lowest BCUT2D eigenvalue weighted by Gasteiger charge is -2.19. The van der Waals surface area contributed by atoms with Gasteiger partial charge in [0.15, 0.2) is 0 Å². The number of aromatic nitrogens is 1. The maximum absolute atomic E-state index is 13.9. The average molecular weight is 346 g/mol. The van der Waals surface area contributed by atoms with Gasteiger partial charge in [0.05, 0.1) is 6.54 Å². The summed E-state index contributed by atoms with van der Waals surface area (Å²) < 4.78 is 14.5. The summed E-state index contributed by atoms with van der Waals surface area (Å²) in [6.45, 7) is 0.972. The van der Waals surface area contributed by atoms with Gasteiger partial charge in [0.1, 0.15) is 22.1 Å². The van der Waals surface area contributed by atoms with Gasteiger partial charge < -0.3 is 10.4 Å². The molecule has 0 aliphatic carbocycles. The molecule has 1 aromatic rings. The van der Waals surface area contributed by atoms with Crippen molar-refractivity contribution in [2.75, 3.05) is 11.9 Å². The van der Waals surface area contributed by atoms with Gasteiger partial charge in [-0.2, -0.15) is 0 Å². The van der Waals surface area contributed by atoms with Crippen LogP contribution >= 0.6 is 15.9 Å². The number of alkyl halides is 1. The number of nitrogens with one attached hydrogen (secondary N) is 1. The van der Waals surface area contributed by atoms with E-state index in [0.717, 1.165) is 4.90 Å². The second-order valence-electron chi connectivity index (χ2n) is 4.88. The van der Waals surface area contributed by atoms with Crippen LogP contribution in [-0.4, -0.2) is 45.2 Å². The van der Waals surface area contributed by atoms with E-state index in [0.29, 0.717) is 4.60 Å². The van der Waals surface area contributed by atoms with Crippen molar-refractivity contribution in [3.8, 4) is 0 Å². The van der Waals surface area contributed by atoms with Gasteiger partial charge in [0, 0.05) is 6.42 Å². The zero-order chi connectivity index (χ0) is 14.9. The van der Waals surface area contributed by atoms with Crippen LogP contribution in [0.5, 0.6) is 0 Å². The predicted octanol–water partition coefficient (Wildman–Crippen LogP) is 2.26. The number of anilines is 1. The summed E-state index contributed by atoms with van der Waals surface area (Å²) >= 11 is 3.16. The highest BCUT2D eigenvalue weighted by Crippen LogP contribution is 2.31. The number of rotatable bonds is 2. The van der Waals surface area contributed by atoms with Gasteiger partial charge in [0.25, 0.3) is 0 Å². The van der Waals surface area contributed by atoms with Crippen LogP contribution < -0.4 is 5.32 Å². The van der Waals surface area contributed by atoms with Crippen LogP contribution in [-0.2, 0) is 4.79 Å². The maximum Gasteiger partial charge on any atom is 0.408 e. The second-order valence-corrected chi connectivity index (χ2v) is 5.69. The van der Waals surface area contributed by atoms with Gasteiger partial charge in [-0.15, -0.1) is 0 Å². The maximum atomic E-state index is 13.9. The van der Waals surface area contributed by atoms with Crippen molar-refractivity contribution in [2.24, 2.45) is 0 Å². The van der Waals surface area contributed by atoms with E-state index in [2.05, 4.69) is 26.2 Å². The second kappa shape index (κ2) is 5.35. The Balaban J connectivity index is 2.13. The Labute approximate surface area is 123 Å². The molecular weight excluding hydrogens is 333 g/mol. The van der Waals surface area contributed by atoms with Crippen molar-refractivity contribution >= 4 is 33.7 Å². The van der Waals surface area contributed by atoms with Crippen LogP contribution in [0.4, 0.5) is 15.0 Å². The first-order valence-corrected chi connectivity index (χ1v) is 6.70. The Morgan fingerprint density at radius 3 is 2.90 bits per heavy atom. The minimum absolute atomic E-state index is 0.168. The van der Waals surface area contributed by atoms with Crippen molar-refractivity contribution in [1.82, 2.24) is 9.88 Å². The molecule has 1 aliphatic rings. The smallest absolute Gasteiger partial charge is 0.408 e. The molecule has 108 valence electrons. The van der Waals surface area contributed by atoms with E-state index in [-0.39, 0.29) is 18.8 Å². The number of halogens is 2. The van der Waals surface area contributed by atoms with Crippen LogP contribution in [0.25, 0.3) is 0 Å². The molecule has 8 heteroatoms. The Morgan fingerprint density at radius 1 is 1.60 bits per heavy atom. The third-order valence-electron chi connectivity index (χ3n) is 3.01. The number of carbonyl (C=O) groups is 2. The van der Waals surface area contributed by atoms with Crippen molar-refractivity contribution in [1.29, 1.82) is 0 Å². The molecule has 0 bridgehead atoms. The first-order valence-electron chi connectivity index (χ1n) is 5.90. The van der Waals surface area contributed by atoms with E-state index in [4.69, 9.17) is 5.11 Å². The number of nitrogens with zero attached hydrogens (tertiary/aromatic N) is 2. The van der Waals surface area contributed by atoms with Crippen LogP contribution in [0.3, 0.4) is 0 Å². The zero-order valence-corrected chi connectivity index (χ0v) is 12.2. The van der Waals surface area contributed by atoms with Crippen LogP contribution in [0, 0.1) is 0 Å².